The lowest BCUT2D eigenvalue weighted by Gasteiger charge is -2.26. The minimum atomic E-state index is -0.716. The number of ether oxygens (including phenoxy) is 1. The van der Waals surface area contributed by atoms with Crippen LogP contribution in [0, 0.1) is 5.92 Å². The van der Waals surface area contributed by atoms with E-state index in [2.05, 4.69) is 6.58 Å². The molecule has 4 heteroatoms. The van der Waals surface area contributed by atoms with Crippen molar-refractivity contribution in [2.45, 2.75) is 38.8 Å². The first-order valence-corrected chi connectivity index (χ1v) is 5.35. The lowest BCUT2D eigenvalue weighted by molar-refractivity contribution is -0.110. The van der Waals surface area contributed by atoms with Gasteiger partial charge in [0, 0.05) is 0 Å². The monoisotopic (exact) mass is 225 g/mol. The van der Waals surface area contributed by atoms with E-state index in [1.807, 2.05) is 6.08 Å². The molecule has 16 heavy (non-hydrogen) atoms. The van der Waals surface area contributed by atoms with Crippen LogP contribution in [0.3, 0.4) is 0 Å². The van der Waals surface area contributed by atoms with Gasteiger partial charge in [-0.2, -0.15) is 5.06 Å². The van der Waals surface area contributed by atoms with Crippen molar-refractivity contribution < 1.29 is 14.7 Å². The predicted octanol–water partition coefficient (Wildman–Crippen LogP) is 2.74. The summed E-state index contributed by atoms with van der Waals surface area (Å²) in [5, 5.41) is 10.3. The smallest absolute Gasteiger partial charge is 0.434 e. The van der Waals surface area contributed by atoms with Gasteiger partial charge in [0.15, 0.2) is 0 Å². The third-order valence-corrected chi connectivity index (χ3v) is 2.29. The van der Waals surface area contributed by atoms with Crippen molar-refractivity contribution >= 4 is 6.09 Å². The molecule has 0 unspecified atom stereocenters. The van der Waals surface area contributed by atoms with E-state index in [-0.39, 0.29) is 12.0 Å². The predicted molar refractivity (Wildman–Crippen MR) is 61.1 cm³/mol. The summed E-state index contributed by atoms with van der Waals surface area (Å²) >= 11 is 0. The second-order valence-corrected chi connectivity index (χ2v) is 4.91. The highest BCUT2D eigenvalue weighted by atomic mass is 16.6. The van der Waals surface area contributed by atoms with Gasteiger partial charge in [-0.25, -0.2) is 4.79 Å². The Bertz CT molecular complexity index is 304. The van der Waals surface area contributed by atoms with Crippen LogP contribution in [0.5, 0.6) is 0 Å². The van der Waals surface area contributed by atoms with Gasteiger partial charge in [-0.3, -0.25) is 5.21 Å². The number of rotatable bonds is 2. The highest BCUT2D eigenvalue weighted by Crippen LogP contribution is 2.23. The maximum atomic E-state index is 11.5. The van der Waals surface area contributed by atoms with Crippen molar-refractivity contribution in [2.24, 2.45) is 5.92 Å². The van der Waals surface area contributed by atoms with Gasteiger partial charge >= 0.3 is 6.09 Å². The van der Waals surface area contributed by atoms with Crippen molar-refractivity contribution in [2.75, 3.05) is 0 Å². The lowest BCUT2D eigenvalue weighted by atomic mass is 10.1. The average Bonchev–Trinajstić information content (AvgIpc) is 2.61. The number of hydroxylamine groups is 2. The van der Waals surface area contributed by atoms with Crippen molar-refractivity contribution in [3.05, 3.63) is 24.8 Å². The van der Waals surface area contributed by atoms with Gasteiger partial charge in [0.25, 0.3) is 0 Å². The second kappa shape index (κ2) is 4.70. The molecular weight excluding hydrogens is 206 g/mol. The van der Waals surface area contributed by atoms with Crippen molar-refractivity contribution in [1.29, 1.82) is 0 Å². The fraction of sp³-hybridized carbons (Fsp3) is 0.583. The molecule has 0 fully saturated rings. The number of carbonyl (C=O) groups is 1. The summed E-state index contributed by atoms with van der Waals surface area (Å²) in [4.78, 5) is 11.5. The largest absolute Gasteiger partial charge is 0.442 e. The Morgan fingerprint density at radius 1 is 1.56 bits per heavy atom. The number of hydrogen-bond acceptors (Lipinski definition) is 3. The van der Waals surface area contributed by atoms with Crippen LogP contribution < -0.4 is 0 Å². The molecule has 0 aromatic rings. The number of amides is 1. The minimum absolute atomic E-state index is 0.210. The maximum absolute atomic E-state index is 11.5. The summed E-state index contributed by atoms with van der Waals surface area (Å²) in [6.07, 6.45) is 5.44. The summed E-state index contributed by atoms with van der Waals surface area (Å²) in [6, 6.07) is -0.321. The van der Waals surface area contributed by atoms with E-state index >= 15 is 0 Å². The summed E-state index contributed by atoms with van der Waals surface area (Å²) < 4.78 is 5.06. The molecule has 0 heterocycles. The molecule has 0 aliphatic heterocycles. The van der Waals surface area contributed by atoms with Crippen LogP contribution in [-0.4, -0.2) is 28.0 Å². The molecule has 1 rings (SSSR count). The first kappa shape index (κ1) is 12.8. The van der Waals surface area contributed by atoms with E-state index in [4.69, 9.17) is 4.74 Å². The van der Waals surface area contributed by atoms with Crippen LogP contribution >= 0.6 is 0 Å². The molecule has 1 N–H and O–H groups in total. The average molecular weight is 225 g/mol. The van der Waals surface area contributed by atoms with E-state index in [1.54, 1.807) is 32.9 Å². The summed E-state index contributed by atoms with van der Waals surface area (Å²) in [5.41, 5.74) is -0.599. The Morgan fingerprint density at radius 2 is 2.19 bits per heavy atom. The van der Waals surface area contributed by atoms with E-state index < -0.39 is 11.7 Å². The number of allylic oxidation sites excluding steroid dienone is 2. The summed E-state index contributed by atoms with van der Waals surface area (Å²) in [6.45, 7) is 8.95. The van der Waals surface area contributed by atoms with Crippen LogP contribution in [0.15, 0.2) is 24.8 Å². The Hall–Kier alpha value is -1.29. The first-order valence-electron chi connectivity index (χ1n) is 5.35. The van der Waals surface area contributed by atoms with E-state index in [0.717, 1.165) is 0 Å². The number of hydrogen-bond donors (Lipinski definition) is 1. The zero-order chi connectivity index (χ0) is 12.3. The van der Waals surface area contributed by atoms with Crippen LogP contribution in [0.1, 0.15) is 27.2 Å². The van der Waals surface area contributed by atoms with Crippen LogP contribution in [-0.2, 0) is 4.74 Å². The standard InChI is InChI=1S/C12H19NO3/c1-5-9-6-7-10(8-9)13(15)11(14)16-12(2,3)4/h5-7,9-10,15H,1,8H2,2-4H3/t9-,10-/m0/s1. The summed E-state index contributed by atoms with van der Waals surface area (Å²) in [7, 11) is 0. The zero-order valence-corrected chi connectivity index (χ0v) is 10.0. The second-order valence-electron chi connectivity index (χ2n) is 4.91. The summed E-state index contributed by atoms with van der Waals surface area (Å²) in [5.74, 6) is 0.210. The maximum Gasteiger partial charge on any atom is 0.434 e. The molecular formula is C12H19NO3. The van der Waals surface area contributed by atoms with E-state index in [0.29, 0.717) is 11.5 Å². The van der Waals surface area contributed by atoms with Gasteiger partial charge in [-0.1, -0.05) is 18.2 Å². The third-order valence-electron chi connectivity index (χ3n) is 2.29. The third kappa shape index (κ3) is 3.38. The Morgan fingerprint density at radius 3 is 2.62 bits per heavy atom. The number of carbonyl (C=O) groups excluding carboxylic acids is 1. The Kier molecular flexibility index (Phi) is 3.75. The van der Waals surface area contributed by atoms with Crippen molar-refractivity contribution in [3.63, 3.8) is 0 Å². The van der Waals surface area contributed by atoms with Crippen molar-refractivity contribution in [3.8, 4) is 0 Å². The van der Waals surface area contributed by atoms with Crippen LogP contribution in [0.2, 0.25) is 0 Å². The first-order chi connectivity index (χ1) is 7.33. The highest BCUT2D eigenvalue weighted by Gasteiger charge is 2.29. The molecule has 4 nitrogen and oxygen atoms in total. The SMILES string of the molecule is C=C[C@H]1C=C[C@H](N(O)C(=O)OC(C)(C)C)C1. The van der Waals surface area contributed by atoms with Gasteiger partial charge in [-0.15, -0.1) is 6.58 Å². The number of nitrogens with zero attached hydrogens (tertiary/aromatic N) is 1. The van der Waals surface area contributed by atoms with Gasteiger partial charge < -0.3 is 4.74 Å². The molecule has 0 aromatic carbocycles. The minimum Gasteiger partial charge on any atom is -0.442 e. The molecule has 1 aliphatic carbocycles. The Balaban J connectivity index is 2.53. The van der Waals surface area contributed by atoms with E-state index in [9.17, 15) is 10.0 Å². The van der Waals surface area contributed by atoms with Crippen LogP contribution in [0.4, 0.5) is 4.79 Å². The quantitative estimate of drug-likeness (QED) is 0.446. The molecule has 0 radical (unpaired) electrons. The lowest BCUT2D eigenvalue weighted by Crippen LogP contribution is -2.39. The molecule has 0 bridgehead atoms. The molecule has 1 aliphatic rings. The topological polar surface area (TPSA) is 49.8 Å². The Labute approximate surface area is 96.2 Å². The molecule has 0 spiro atoms. The highest BCUT2D eigenvalue weighted by molar-refractivity contribution is 5.67. The van der Waals surface area contributed by atoms with Crippen LogP contribution in [0.25, 0.3) is 0 Å². The fourth-order valence-corrected chi connectivity index (χ4v) is 1.51. The van der Waals surface area contributed by atoms with E-state index in [1.165, 1.54) is 0 Å². The molecule has 0 saturated carbocycles. The molecule has 90 valence electrons. The molecule has 0 aromatic heterocycles. The van der Waals surface area contributed by atoms with Gasteiger partial charge in [0.05, 0.1) is 6.04 Å². The zero-order valence-electron chi connectivity index (χ0n) is 10.0. The molecule has 1 amide bonds. The van der Waals surface area contributed by atoms with Gasteiger partial charge in [-0.05, 0) is 33.1 Å². The normalized spacial score (nSPS) is 24.2. The molecule has 0 saturated heterocycles. The fourth-order valence-electron chi connectivity index (χ4n) is 1.51. The van der Waals surface area contributed by atoms with Gasteiger partial charge in [0.1, 0.15) is 5.60 Å². The van der Waals surface area contributed by atoms with Gasteiger partial charge in [0.2, 0.25) is 0 Å². The molecule has 2 atom stereocenters. The van der Waals surface area contributed by atoms with Crippen molar-refractivity contribution in [1.82, 2.24) is 5.06 Å².